The summed E-state index contributed by atoms with van der Waals surface area (Å²) in [6.07, 6.45) is -1.26. The number of para-hydroxylation sites is 2. The van der Waals surface area contributed by atoms with Crippen LogP contribution in [0.3, 0.4) is 0 Å². The van der Waals surface area contributed by atoms with E-state index in [2.05, 4.69) is 10.6 Å². The second kappa shape index (κ2) is 8.50. The zero-order valence-electron chi connectivity index (χ0n) is 15.4. The van der Waals surface area contributed by atoms with Gasteiger partial charge < -0.3 is 15.4 Å². The normalized spacial score (nSPS) is 16.0. The van der Waals surface area contributed by atoms with Crippen molar-refractivity contribution in [3.8, 4) is 5.75 Å². The van der Waals surface area contributed by atoms with Gasteiger partial charge in [0.25, 0.3) is 15.9 Å². The quantitative estimate of drug-likeness (QED) is 0.475. The number of benzene rings is 2. The molecule has 0 bridgehead atoms. The number of methoxy groups -OCH3 is 1. The maximum Gasteiger partial charge on any atom is 0.269 e. The Morgan fingerprint density at radius 1 is 1.13 bits per heavy atom. The number of alkyl halides is 3. The summed E-state index contributed by atoms with van der Waals surface area (Å²) in [6.45, 7) is -0.777. The molecule has 160 valence electrons. The number of hydrogen-bond donors (Lipinski definition) is 2. The van der Waals surface area contributed by atoms with Crippen LogP contribution < -0.4 is 15.4 Å². The number of halogens is 3. The van der Waals surface area contributed by atoms with Crippen molar-refractivity contribution in [3.05, 3.63) is 54.1 Å². The Balaban J connectivity index is 1.78. The first-order valence-electron chi connectivity index (χ1n) is 8.47. The Labute approximate surface area is 188 Å². The minimum atomic E-state index is -4.15. The summed E-state index contributed by atoms with van der Waals surface area (Å²) in [4.78, 5) is 24.9. The molecule has 2 aromatic rings. The maximum atomic E-state index is 12.6. The SMILES string of the molecule is COc1ccccc1NC(NC(=O)CN1C(=O)c2ccccc2S1(=O)=O)C(Cl)(Cl)Cl. The summed E-state index contributed by atoms with van der Waals surface area (Å²) in [5, 5.41) is 5.25. The van der Waals surface area contributed by atoms with E-state index in [0.717, 1.165) is 0 Å². The summed E-state index contributed by atoms with van der Waals surface area (Å²) >= 11 is 17.9. The summed E-state index contributed by atoms with van der Waals surface area (Å²) in [7, 11) is -2.70. The Morgan fingerprint density at radius 3 is 2.40 bits per heavy atom. The van der Waals surface area contributed by atoms with Crippen LogP contribution in [0.15, 0.2) is 53.4 Å². The predicted molar refractivity (Wildman–Crippen MR) is 114 cm³/mol. The largest absolute Gasteiger partial charge is 0.495 e. The molecule has 0 saturated carbocycles. The molecule has 30 heavy (non-hydrogen) atoms. The van der Waals surface area contributed by atoms with E-state index in [1.54, 1.807) is 24.3 Å². The van der Waals surface area contributed by atoms with Gasteiger partial charge in [0.05, 0.1) is 18.4 Å². The zero-order chi connectivity index (χ0) is 22.1. The molecule has 0 aliphatic carbocycles. The van der Waals surface area contributed by atoms with Crippen LogP contribution in [-0.2, 0) is 14.8 Å². The van der Waals surface area contributed by atoms with E-state index >= 15 is 0 Å². The number of sulfonamides is 1. The average Bonchev–Trinajstić information content (AvgIpc) is 2.88. The summed E-state index contributed by atoms with van der Waals surface area (Å²) in [5.41, 5.74) is 0.421. The second-order valence-corrected chi connectivity index (χ2v) is 10.4. The van der Waals surface area contributed by atoms with Crippen LogP contribution in [0.2, 0.25) is 0 Å². The van der Waals surface area contributed by atoms with Gasteiger partial charge in [-0.25, -0.2) is 12.7 Å². The monoisotopic (exact) mass is 491 g/mol. The van der Waals surface area contributed by atoms with Crippen molar-refractivity contribution >= 4 is 62.3 Å². The molecule has 1 heterocycles. The lowest BCUT2D eigenvalue weighted by molar-refractivity contribution is -0.121. The Hall–Kier alpha value is -2.20. The highest BCUT2D eigenvalue weighted by Crippen LogP contribution is 2.34. The van der Waals surface area contributed by atoms with Gasteiger partial charge in [0.1, 0.15) is 23.4 Å². The van der Waals surface area contributed by atoms with E-state index in [-0.39, 0.29) is 10.5 Å². The standard InChI is InChI=1S/C18H16Cl3N3O5S/c1-29-13-8-4-3-7-12(13)22-17(18(19,20)21)23-15(25)10-24-16(26)11-6-2-5-9-14(11)30(24,27)28/h2-9,17,22H,10H2,1H3,(H,23,25). The van der Waals surface area contributed by atoms with Crippen molar-refractivity contribution in [1.29, 1.82) is 0 Å². The first kappa shape index (κ1) is 22.5. The number of amides is 2. The Bertz CT molecular complexity index is 1090. The van der Waals surface area contributed by atoms with E-state index in [9.17, 15) is 18.0 Å². The van der Waals surface area contributed by atoms with Gasteiger partial charge in [-0.3, -0.25) is 9.59 Å². The Kier molecular flexibility index (Phi) is 6.37. The molecular formula is C18H16Cl3N3O5S. The Morgan fingerprint density at radius 2 is 1.77 bits per heavy atom. The third kappa shape index (κ3) is 4.44. The lowest BCUT2D eigenvalue weighted by Gasteiger charge is -2.28. The van der Waals surface area contributed by atoms with Crippen molar-refractivity contribution < 1.29 is 22.7 Å². The highest BCUT2D eigenvalue weighted by atomic mass is 35.6. The van der Waals surface area contributed by atoms with Crippen LogP contribution in [-0.4, -0.2) is 48.2 Å². The van der Waals surface area contributed by atoms with E-state index in [0.29, 0.717) is 15.7 Å². The number of ether oxygens (including phenoxy) is 1. The molecule has 3 rings (SSSR count). The molecule has 0 radical (unpaired) electrons. The summed E-state index contributed by atoms with van der Waals surface area (Å²) in [6, 6.07) is 12.4. The smallest absolute Gasteiger partial charge is 0.269 e. The van der Waals surface area contributed by atoms with E-state index in [1.807, 2.05) is 0 Å². The lowest BCUT2D eigenvalue weighted by Crippen LogP contribution is -2.52. The first-order chi connectivity index (χ1) is 14.1. The maximum absolute atomic E-state index is 12.6. The third-order valence-electron chi connectivity index (χ3n) is 4.24. The van der Waals surface area contributed by atoms with Crippen molar-refractivity contribution in [2.75, 3.05) is 19.0 Å². The molecule has 2 amide bonds. The minimum absolute atomic E-state index is 0.00428. The fourth-order valence-corrected chi connectivity index (χ4v) is 4.70. The molecule has 1 aliphatic heterocycles. The number of nitrogens with zero attached hydrogens (tertiary/aromatic N) is 1. The van der Waals surface area contributed by atoms with Gasteiger partial charge in [-0.05, 0) is 24.3 Å². The zero-order valence-corrected chi connectivity index (χ0v) is 18.5. The average molecular weight is 493 g/mol. The van der Waals surface area contributed by atoms with Gasteiger partial charge in [-0.15, -0.1) is 0 Å². The fourth-order valence-electron chi connectivity index (χ4n) is 2.84. The molecule has 12 heteroatoms. The van der Waals surface area contributed by atoms with Gasteiger partial charge in [0, 0.05) is 0 Å². The molecule has 1 aliphatic rings. The van der Waals surface area contributed by atoms with Crippen LogP contribution in [0.25, 0.3) is 0 Å². The van der Waals surface area contributed by atoms with Crippen LogP contribution in [0.5, 0.6) is 5.75 Å². The molecule has 8 nitrogen and oxygen atoms in total. The molecule has 1 atom stereocenters. The van der Waals surface area contributed by atoms with Crippen molar-refractivity contribution in [3.63, 3.8) is 0 Å². The number of fused-ring (bicyclic) bond motifs is 1. The van der Waals surface area contributed by atoms with Crippen molar-refractivity contribution in [2.24, 2.45) is 0 Å². The molecular weight excluding hydrogens is 477 g/mol. The fraction of sp³-hybridized carbons (Fsp3) is 0.222. The van der Waals surface area contributed by atoms with Crippen LogP contribution in [0.4, 0.5) is 5.69 Å². The van der Waals surface area contributed by atoms with Crippen LogP contribution in [0, 0.1) is 0 Å². The van der Waals surface area contributed by atoms with Crippen molar-refractivity contribution in [1.82, 2.24) is 9.62 Å². The number of anilines is 1. The molecule has 2 N–H and O–H groups in total. The van der Waals surface area contributed by atoms with Crippen LogP contribution >= 0.6 is 34.8 Å². The number of hydrogen-bond acceptors (Lipinski definition) is 6. The highest BCUT2D eigenvalue weighted by molar-refractivity contribution is 7.90. The first-order valence-corrected chi connectivity index (χ1v) is 11.0. The number of carbonyl (C=O) groups excluding carboxylic acids is 2. The molecule has 0 aromatic heterocycles. The van der Waals surface area contributed by atoms with E-state index in [1.165, 1.54) is 31.4 Å². The number of carbonyl (C=O) groups is 2. The predicted octanol–water partition coefficient (Wildman–Crippen LogP) is 2.76. The van der Waals surface area contributed by atoms with E-state index in [4.69, 9.17) is 39.5 Å². The van der Waals surface area contributed by atoms with Crippen LogP contribution in [0.1, 0.15) is 10.4 Å². The summed E-state index contributed by atoms with van der Waals surface area (Å²) < 4.78 is 28.9. The molecule has 1 unspecified atom stereocenters. The van der Waals surface area contributed by atoms with Gasteiger partial charge in [-0.2, -0.15) is 0 Å². The molecule has 0 fully saturated rings. The molecule has 0 saturated heterocycles. The van der Waals surface area contributed by atoms with Gasteiger partial charge in [0.2, 0.25) is 9.70 Å². The number of nitrogens with one attached hydrogen (secondary N) is 2. The second-order valence-electron chi connectivity index (χ2n) is 6.20. The number of rotatable bonds is 6. The highest BCUT2D eigenvalue weighted by Gasteiger charge is 2.43. The topological polar surface area (TPSA) is 105 Å². The van der Waals surface area contributed by atoms with Crippen molar-refractivity contribution in [2.45, 2.75) is 14.9 Å². The third-order valence-corrected chi connectivity index (χ3v) is 6.68. The summed E-state index contributed by atoms with van der Waals surface area (Å²) in [5.74, 6) is -1.22. The molecule has 0 spiro atoms. The van der Waals surface area contributed by atoms with Gasteiger partial charge in [-0.1, -0.05) is 59.1 Å². The molecule has 2 aromatic carbocycles. The lowest BCUT2D eigenvalue weighted by atomic mass is 10.2. The van der Waals surface area contributed by atoms with Gasteiger partial charge >= 0.3 is 0 Å². The van der Waals surface area contributed by atoms with E-state index < -0.39 is 38.3 Å². The van der Waals surface area contributed by atoms with Gasteiger partial charge in [0.15, 0.2) is 0 Å². The minimum Gasteiger partial charge on any atom is -0.495 e.